The van der Waals surface area contributed by atoms with Crippen molar-refractivity contribution >= 4 is 66.5 Å². The molecule has 12 heteroatoms. The fourth-order valence-electron chi connectivity index (χ4n) is 1.55. The lowest BCUT2D eigenvalue weighted by Crippen LogP contribution is -2.48. The van der Waals surface area contributed by atoms with Gasteiger partial charge in [0.15, 0.2) is 22.4 Å². The smallest absolute Gasteiger partial charge is 0.244 e. The average molecular weight is 493 g/mol. The summed E-state index contributed by atoms with van der Waals surface area (Å²) in [5.41, 5.74) is -1.04. The highest BCUT2D eigenvalue weighted by atomic mass is 79.9. The van der Waals surface area contributed by atoms with Gasteiger partial charge in [0.2, 0.25) is 17.7 Å². The van der Waals surface area contributed by atoms with Gasteiger partial charge in [-0.2, -0.15) is 0 Å². The normalized spacial score (nSPS) is 13.3. The lowest BCUT2D eigenvalue weighted by molar-refractivity contribution is -0.128. The third-order valence-corrected chi connectivity index (χ3v) is 4.85. The van der Waals surface area contributed by atoms with Gasteiger partial charge in [-0.05, 0) is 19.3 Å². The number of alkyl halides is 2. The second kappa shape index (κ2) is 14.0. The number of unbranched alkanes of at least 4 members (excludes halogenated alkanes) is 1. The Morgan fingerprint density at radius 3 is 2.04 bits per heavy atom. The fraction of sp³-hybridized carbons (Fsp3) is 0.727. The summed E-state index contributed by atoms with van der Waals surface area (Å²) < 4.78 is 21.4. The van der Waals surface area contributed by atoms with Crippen molar-refractivity contribution in [2.24, 2.45) is 0 Å². The summed E-state index contributed by atoms with van der Waals surface area (Å²) in [6.07, 6.45) is 1.56. The van der Waals surface area contributed by atoms with Gasteiger partial charge in [-0.25, -0.2) is 0 Å². The predicted molar refractivity (Wildman–Crippen MR) is 93.5 cm³/mol. The van der Waals surface area contributed by atoms with E-state index in [9.17, 15) is 23.5 Å². The standard InChI is InChI=1S/C11H17Br2N3O5P2/c12-5-8(17)14-4-2-1-3-7(15-9(18)6-13)10(19)16-11(22-20)23-21/h7,11H,1-6H2,(H,14,17)(H,15,18)(H,16,19)/t7-/m1/s1. The van der Waals surface area contributed by atoms with Gasteiger partial charge in [-0.1, -0.05) is 31.9 Å². The Morgan fingerprint density at radius 1 is 0.913 bits per heavy atom. The number of carbonyl (C=O) groups is 3. The van der Waals surface area contributed by atoms with E-state index in [1.54, 1.807) is 0 Å². The fourth-order valence-corrected chi connectivity index (χ4v) is 2.42. The molecule has 130 valence electrons. The monoisotopic (exact) mass is 491 g/mol. The maximum Gasteiger partial charge on any atom is 0.244 e. The van der Waals surface area contributed by atoms with Crippen LogP contribution in [-0.2, 0) is 23.5 Å². The lowest BCUT2D eigenvalue weighted by atomic mass is 10.1. The summed E-state index contributed by atoms with van der Waals surface area (Å²) in [7, 11) is -0.954. The molecule has 0 aliphatic rings. The van der Waals surface area contributed by atoms with E-state index in [0.717, 1.165) is 0 Å². The van der Waals surface area contributed by atoms with Gasteiger partial charge in [0.05, 0.1) is 10.7 Å². The van der Waals surface area contributed by atoms with Crippen molar-refractivity contribution in [2.45, 2.75) is 30.8 Å². The van der Waals surface area contributed by atoms with Crippen LogP contribution in [0.15, 0.2) is 0 Å². The van der Waals surface area contributed by atoms with E-state index in [4.69, 9.17) is 0 Å². The predicted octanol–water partition coefficient (Wildman–Crippen LogP) is 1.53. The van der Waals surface area contributed by atoms with Crippen molar-refractivity contribution in [1.29, 1.82) is 0 Å². The van der Waals surface area contributed by atoms with Crippen LogP contribution < -0.4 is 16.0 Å². The molecule has 0 aromatic rings. The second-order valence-corrected chi connectivity index (χ2v) is 7.31. The van der Waals surface area contributed by atoms with Gasteiger partial charge in [0, 0.05) is 6.54 Å². The Balaban J connectivity index is 4.41. The van der Waals surface area contributed by atoms with Crippen molar-refractivity contribution < 1.29 is 23.5 Å². The first-order chi connectivity index (χ1) is 11.0. The van der Waals surface area contributed by atoms with Gasteiger partial charge in [-0.3, -0.25) is 23.5 Å². The molecule has 0 spiro atoms. The quantitative estimate of drug-likeness (QED) is 0.217. The van der Waals surface area contributed by atoms with E-state index >= 15 is 0 Å². The Hall–Kier alpha value is -0.430. The first-order valence-corrected chi connectivity index (χ1v) is 10.6. The average Bonchev–Trinajstić information content (AvgIpc) is 2.57. The molecule has 3 amide bonds. The molecule has 0 aliphatic carbocycles. The third kappa shape index (κ3) is 10.9. The van der Waals surface area contributed by atoms with Gasteiger partial charge in [-0.15, -0.1) is 0 Å². The van der Waals surface area contributed by atoms with E-state index in [-0.39, 0.29) is 22.5 Å². The molecular weight excluding hydrogens is 476 g/mol. The van der Waals surface area contributed by atoms with E-state index < -0.39 is 34.4 Å². The summed E-state index contributed by atoms with van der Waals surface area (Å²) in [6, 6.07) is -0.821. The van der Waals surface area contributed by atoms with Crippen LogP contribution in [-0.4, -0.2) is 46.5 Å². The zero-order valence-electron chi connectivity index (χ0n) is 12.1. The van der Waals surface area contributed by atoms with Gasteiger partial charge < -0.3 is 16.0 Å². The van der Waals surface area contributed by atoms with E-state index in [2.05, 4.69) is 47.8 Å². The molecule has 0 saturated heterocycles. The van der Waals surface area contributed by atoms with E-state index in [0.29, 0.717) is 25.8 Å². The molecule has 23 heavy (non-hydrogen) atoms. The van der Waals surface area contributed by atoms with Crippen molar-refractivity contribution in [2.75, 3.05) is 17.2 Å². The van der Waals surface area contributed by atoms with E-state index in [1.807, 2.05) is 0 Å². The molecule has 0 saturated carbocycles. The Kier molecular flexibility index (Phi) is 13.7. The molecule has 0 rings (SSSR count). The number of rotatable bonds is 12. The molecule has 8 nitrogen and oxygen atoms in total. The first kappa shape index (κ1) is 22.6. The maximum atomic E-state index is 12.0. The maximum absolute atomic E-state index is 12.0. The van der Waals surface area contributed by atoms with Crippen LogP contribution in [0.1, 0.15) is 19.3 Å². The zero-order chi connectivity index (χ0) is 17.7. The van der Waals surface area contributed by atoms with Gasteiger partial charge in [0.25, 0.3) is 0 Å². The molecule has 0 aliphatic heterocycles. The van der Waals surface area contributed by atoms with Crippen LogP contribution in [0.25, 0.3) is 0 Å². The van der Waals surface area contributed by atoms with Crippen LogP contribution in [0.2, 0.25) is 0 Å². The van der Waals surface area contributed by atoms with Crippen LogP contribution in [0, 0.1) is 0 Å². The van der Waals surface area contributed by atoms with E-state index in [1.165, 1.54) is 0 Å². The van der Waals surface area contributed by atoms with Crippen molar-refractivity contribution in [1.82, 2.24) is 16.0 Å². The highest BCUT2D eigenvalue weighted by Crippen LogP contribution is 2.16. The molecule has 0 fully saturated rings. The lowest BCUT2D eigenvalue weighted by Gasteiger charge is -2.18. The molecule has 0 unspecified atom stereocenters. The van der Waals surface area contributed by atoms with Gasteiger partial charge in [0.1, 0.15) is 6.04 Å². The first-order valence-electron chi connectivity index (χ1n) is 6.61. The summed E-state index contributed by atoms with van der Waals surface area (Å²) in [5.74, 6) is -1.05. The molecule has 0 bridgehead atoms. The largest absolute Gasteiger partial charge is 0.355 e. The van der Waals surface area contributed by atoms with Crippen LogP contribution in [0.4, 0.5) is 0 Å². The molecule has 0 aromatic heterocycles. The number of hydrogen-bond acceptors (Lipinski definition) is 5. The Labute approximate surface area is 153 Å². The highest BCUT2D eigenvalue weighted by Gasteiger charge is 2.23. The van der Waals surface area contributed by atoms with Crippen molar-refractivity contribution in [3.8, 4) is 0 Å². The van der Waals surface area contributed by atoms with Gasteiger partial charge >= 0.3 is 0 Å². The SMILES string of the molecule is O=PC(NC(=O)[C@@H](CCCCNC(=O)CBr)NC(=O)CBr)P=O. The molecule has 1 atom stereocenters. The third-order valence-electron chi connectivity index (χ3n) is 2.61. The van der Waals surface area contributed by atoms with Crippen LogP contribution in [0.5, 0.6) is 0 Å². The molecule has 3 N–H and O–H groups in total. The summed E-state index contributed by atoms with van der Waals surface area (Å²) in [6.45, 7) is 0.464. The Morgan fingerprint density at radius 2 is 1.52 bits per heavy atom. The topological polar surface area (TPSA) is 121 Å². The summed E-state index contributed by atoms with van der Waals surface area (Å²) in [4.78, 5) is 34.5. The number of carbonyl (C=O) groups excluding carboxylic acids is 3. The summed E-state index contributed by atoms with van der Waals surface area (Å²) in [5, 5.41) is 7.79. The van der Waals surface area contributed by atoms with Crippen molar-refractivity contribution in [3.63, 3.8) is 0 Å². The number of amides is 3. The number of hydrogen-bond donors (Lipinski definition) is 3. The zero-order valence-corrected chi connectivity index (χ0v) is 17.0. The summed E-state index contributed by atoms with van der Waals surface area (Å²) >= 11 is 6.02. The minimum absolute atomic E-state index is 0.0428. The minimum atomic E-state index is -1.04. The minimum Gasteiger partial charge on any atom is -0.355 e. The highest BCUT2D eigenvalue weighted by molar-refractivity contribution is 9.09. The molecular formula is C11H17Br2N3O5P2. The van der Waals surface area contributed by atoms with Crippen LogP contribution >= 0.6 is 48.8 Å². The Bertz CT molecular complexity index is 434. The molecule has 0 heterocycles. The van der Waals surface area contributed by atoms with Crippen LogP contribution in [0.3, 0.4) is 0 Å². The number of nitrogens with one attached hydrogen (secondary N) is 3. The number of halogens is 2. The second-order valence-electron chi connectivity index (χ2n) is 4.33. The van der Waals surface area contributed by atoms with Crippen molar-refractivity contribution in [3.05, 3.63) is 0 Å². The molecule has 0 radical (unpaired) electrons. The molecule has 0 aromatic carbocycles.